The number of fused-ring (bicyclic) bond motifs is 1. The van der Waals surface area contributed by atoms with Crippen molar-refractivity contribution in [1.29, 1.82) is 0 Å². The van der Waals surface area contributed by atoms with E-state index in [2.05, 4.69) is 23.1 Å². The molecule has 112 valence electrons. The number of benzene rings is 1. The molecule has 1 saturated carbocycles. The molecule has 0 radical (unpaired) electrons. The van der Waals surface area contributed by atoms with Crippen molar-refractivity contribution >= 4 is 12.4 Å². The predicted molar refractivity (Wildman–Crippen MR) is 84.3 cm³/mol. The molecule has 0 bridgehead atoms. The molecule has 1 aromatic rings. The molecule has 1 saturated heterocycles. The molecule has 0 aromatic heterocycles. The quantitative estimate of drug-likeness (QED) is 0.932. The number of likely N-dealkylation sites (tertiary alicyclic amines) is 1. The Morgan fingerprint density at radius 2 is 2.15 bits per heavy atom. The zero-order chi connectivity index (χ0) is 13.2. The van der Waals surface area contributed by atoms with Gasteiger partial charge in [-0.15, -0.1) is 12.4 Å². The van der Waals surface area contributed by atoms with Crippen LogP contribution in [0, 0.1) is 11.8 Å². The molecule has 20 heavy (non-hydrogen) atoms. The zero-order valence-electron chi connectivity index (χ0n) is 12.1. The van der Waals surface area contributed by atoms with Crippen LogP contribution < -0.4 is 10.5 Å². The van der Waals surface area contributed by atoms with Gasteiger partial charge in [-0.1, -0.05) is 18.6 Å². The molecule has 1 aromatic carbocycles. The summed E-state index contributed by atoms with van der Waals surface area (Å²) in [6.07, 6.45) is 3.90. The second kappa shape index (κ2) is 6.79. The minimum atomic E-state index is 0. The highest BCUT2D eigenvalue weighted by atomic mass is 35.5. The van der Waals surface area contributed by atoms with Gasteiger partial charge in [-0.25, -0.2) is 0 Å². The van der Waals surface area contributed by atoms with Crippen molar-refractivity contribution in [2.45, 2.75) is 31.8 Å². The smallest absolute Gasteiger partial charge is 0.119 e. The molecule has 4 heteroatoms. The van der Waals surface area contributed by atoms with Gasteiger partial charge in [0.25, 0.3) is 0 Å². The van der Waals surface area contributed by atoms with E-state index in [1.807, 2.05) is 6.07 Å². The van der Waals surface area contributed by atoms with Crippen LogP contribution in [0.3, 0.4) is 0 Å². The highest BCUT2D eigenvalue weighted by molar-refractivity contribution is 5.85. The second-order valence-corrected chi connectivity index (χ2v) is 6.06. The Labute approximate surface area is 127 Å². The van der Waals surface area contributed by atoms with Gasteiger partial charge in [0.2, 0.25) is 0 Å². The summed E-state index contributed by atoms with van der Waals surface area (Å²) < 4.78 is 5.29. The number of nitrogens with zero attached hydrogens (tertiary/aromatic N) is 1. The number of halogens is 1. The molecule has 0 spiro atoms. The SMILES string of the molecule is COc1cccc(CN2CC3CCCC(N)C3C2)c1.Cl. The summed E-state index contributed by atoms with van der Waals surface area (Å²) in [6.45, 7) is 3.41. The standard InChI is InChI=1S/C16H24N2O.ClH/c1-19-14-6-2-4-12(8-14)9-18-10-13-5-3-7-16(17)15(13)11-18;/h2,4,6,8,13,15-16H,3,5,7,9-11,17H2,1H3;1H. The van der Waals surface area contributed by atoms with E-state index in [4.69, 9.17) is 10.5 Å². The van der Waals surface area contributed by atoms with Crippen LogP contribution in [0.15, 0.2) is 24.3 Å². The summed E-state index contributed by atoms with van der Waals surface area (Å²) >= 11 is 0. The fourth-order valence-corrected chi connectivity index (χ4v) is 3.77. The Morgan fingerprint density at radius 1 is 1.30 bits per heavy atom. The zero-order valence-corrected chi connectivity index (χ0v) is 12.9. The average molecular weight is 297 g/mol. The summed E-state index contributed by atoms with van der Waals surface area (Å²) in [5, 5.41) is 0. The van der Waals surface area contributed by atoms with Crippen LogP contribution in [0.5, 0.6) is 5.75 Å². The highest BCUT2D eigenvalue weighted by Gasteiger charge is 2.38. The summed E-state index contributed by atoms with van der Waals surface area (Å²) in [7, 11) is 1.72. The summed E-state index contributed by atoms with van der Waals surface area (Å²) in [5.74, 6) is 2.50. The number of ether oxygens (including phenoxy) is 1. The lowest BCUT2D eigenvalue weighted by Crippen LogP contribution is -2.38. The van der Waals surface area contributed by atoms with E-state index in [-0.39, 0.29) is 12.4 Å². The van der Waals surface area contributed by atoms with Gasteiger partial charge in [0.15, 0.2) is 0 Å². The van der Waals surface area contributed by atoms with Crippen molar-refractivity contribution in [3.63, 3.8) is 0 Å². The van der Waals surface area contributed by atoms with Gasteiger partial charge in [-0.2, -0.15) is 0 Å². The van der Waals surface area contributed by atoms with Crippen LogP contribution >= 0.6 is 12.4 Å². The molecular formula is C16H25ClN2O. The van der Waals surface area contributed by atoms with Crippen molar-refractivity contribution in [2.75, 3.05) is 20.2 Å². The third kappa shape index (κ3) is 3.27. The van der Waals surface area contributed by atoms with Gasteiger partial charge in [-0.3, -0.25) is 4.90 Å². The van der Waals surface area contributed by atoms with E-state index in [1.54, 1.807) is 7.11 Å². The Kier molecular flexibility index (Phi) is 5.30. The van der Waals surface area contributed by atoms with E-state index < -0.39 is 0 Å². The van der Waals surface area contributed by atoms with Crippen LogP contribution in [0.25, 0.3) is 0 Å². The van der Waals surface area contributed by atoms with Crippen LogP contribution in [0.4, 0.5) is 0 Å². The minimum absolute atomic E-state index is 0. The third-order valence-corrected chi connectivity index (χ3v) is 4.77. The number of nitrogens with two attached hydrogens (primary N) is 1. The molecule has 2 N–H and O–H groups in total. The third-order valence-electron chi connectivity index (χ3n) is 4.77. The van der Waals surface area contributed by atoms with E-state index in [0.29, 0.717) is 6.04 Å². The van der Waals surface area contributed by atoms with Gasteiger partial charge < -0.3 is 10.5 Å². The number of methoxy groups -OCH3 is 1. The molecule has 0 amide bonds. The Balaban J connectivity index is 0.00000147. The molecule has 3 unspecified atom stereocenters. The van der Waals surface area contributed by atoms with Gasteiger partial charge >= 0.3 is 0 Å². The lowest BCUT2D eigenvalue weighted by molar-refractivity contribution is 0.259. The Hall–Kier alpha value is -0.770. The molecule has 1 heterocycles. The fraction of sp³-hybridized carbons (Fsp3) is 0.625. The van der Waals surface area contributed by atoms with E-state index in [9.17, 15) is 0 Å². The van der Waals surface area contributed by atoms with Crippen molar-refractivity contribution in [2.24, 2.45) is 17.6 Å². The predicted octanol–water partition coefficient (Wildman–Crippen LogP) is 2.68. The van der Waals surface area contributed by atoms with Crippen molar-refractivity contribution < 1.29 is 4.74 Å². The number of rotatable bonds is 3. The number of hydrogen-bond acceptors (Lipinski definition) is 3. The number of hydrogen-bond donors (Lipinski definition) is 1. The van der Waals surface area contributed by atoms with Crippen LogP contribution in [0.1, 0.15) is 24.8 Å². The van der Waals surface area contributed by atoms with E-state index in [0.717, 1.165) is 24.1 Å². The Bertz CT molecular complexity index is 440. The van der Waals surface area contributed by atoms with E-state index in [1.165, 1.54) is 37.9 Å². The molecule has 1 aliphatic heterocycles. The van der Waals surface area contributed by atoms with Crippen molar-refractivity contribution in [1.82, 2.24) is 4.90 Å². The second-order valence-electron chi connectivity index (χ2n) is 6.06. The normalized spacial score (nSPS) is 29.6. The maximum Gasteiger partial charge on any atom is 0.119 e. The molecule has 1 aliphatic carbocycles. The maximum absolute atomic E-state index is 6.27. The van der Waals surface area contributed by atoms with Gasteiger partial charge in [0, 0.05) is 25.7 Å². The summed E-state index contributed by atoms with van der Waals surface area (Å²) in [4.78, 5) is 2.56. The molecule has 2 fully saturated rings. The maximum atomic E-state index is 6.27. The van der Waals surface area contributed by atoms with Crippen molar-refractivity contribution in [3.8, 4) is 5.75 Å². The van der Waals surface area contributed by atoms with Crippen molar-refractivity contribution in [3.05, 3.63) is 29.8 Å². The topological polar surface area (TPSA) is 38.5 Å². The first-order valence-electron chi connectivity index (χ1n) is 7.37. The first kappa shape index (κ1) is 15.6. The van der Waals surface area contributed by atoms with Gasteiger partial charge in [0.05, 0.1) is 7.11 Å². The van der Waals surface area contributed by atoms with E-state index >= 15 is 0 Å². The first-order chi connectivity index (χ1) is 9.26. The summed E-state index contributed by atoms with van der Waals surface area (Å²) in [5.41, 5.74) is 7.61. The minimum Gasteiger partial charge on any atom is -0.497 e. The monoisotopic (exact) mass is 296 g/mol. The molecule has 3 nitrogen and oxygen atoms in total. The fourth-order valence-electron chi connectivity index (χ4n) is 3.77. The average Bonchev–Trinajstić information content (AvgIpc) is 2.83. The van der Waals surface area contributed by atoms with Crippen LogP contribution in [0.2, 0.25) is 0 Å². The summed E-state index contributed by atoms with van der Waals surface area (Å²) in [6, 6.07) is 8.83. The lowest BCUT2D eigenvalue weighted by atomic mass is 9.78. The van der Waals surface area contributed by atoms with Gasteiger partial charge in [0.1, 0.15) is 5.75 Å². The lowest BCUT2D eigenvalue weighted by Gasteiger charge is -2.29. The molecular weight excluding hydrogens is 272 g/mol. The highest BCUT2D eigenvalue weighted by Crippen LogP contribution is 2.36. The largest absolute Gasteiger partial charge is 0.497 e. The van der Waals surface area contributed by atoms with Gasteiger partial charge in [-0.05, 0) is 42.4 Å². The molecule has 2 aliphatic rings. The Morgan fingerprint density at radius 3 is 2.90 bits per heavy atom. The van der Waals surface area contributed by atoms with Crippen LogP contribution in [-0.2, 0) is 6.54 Å². The molecule has 3 rings (SSSR count). The first-order valence-corrected chi connectivity index (χ1v) is 7.37. The molecule has 3 atom stereocenters. The van der Waals surface area contributed by atoms with Crippen LogP contribution in [-0.4, -0.2) is 31.1 Å².